The van der Waals surface area contributed by atoms with Crippen molar-refractivity contribution in [2.24, 2.45) is 34.5 Å². The van der Waals surface area contributed by atoms with Crippen LogP contribution >= 0.6 is 0 Å². The van der Waals surface area contributed by atoms with Gasteiger partial charge in [0.15, 0.2) is 0 Å². The molecule has 4 nitrogen and oxygen atoms in total. The van der Waals surface area contributed by atoms with Crippen molar-refractivity contribution >= 4 is 11.9 Å². The molecule has 8 saturated carbocycles. The smallest absolute Gasteiger partial charge is 0.309 e. The molecule has 0 radical (unpaired) electrons. The molecule has 8 aliphatic carbocycles. The second-order valence-electron chi connectivity index (χ2n) is 14.1. The zero-order valence-electron chi connectivity index (χ0n) is 20.7. The molecule has 1 aromatic carbocycles. The van der Waals surface area contributed by atoms with Crippen LogP contribution < -0.4 is 0 Å². The van der Waals surface area contributed by atoms with Crippen LogP contribution in [0, 0.1) is 48.3 Å². The van der Waals surface area contributed by atoms with Crippen molar-refractivity contribution in [1.29, 1.82) is 0 Å². The maximum atomic E-state index is 12.4. The van der Waals surface area contributed by atoms with Gasteiger partial charge >= 0.3 is 11.9 Å². The van der Waals surface area contributed by atoms with Gasteiger partial charge in [0.05, 0.1) is 10.8 Å². The van der Waals surface area contributed by atoms with Gasteiger partial charge < -0.3 is 10.2 Å². The number of rotatable bonds is 4. The summed E-state index contributed by atoms with van der Waals surface area (Å²) in [6, 6.07) is 4.86. The summed E-state index contributed by atoms with van der Waals surface area (Å²) in [5.41, 5.74) is 4.45. The van der Waals surface area contributed by atoms with Crippen molar-refractivity contribution in [1.82, 2.24) is 0 Å². The van der Waals surface area contributed by atoms with Gasteiger partial charge in [0.2, 0.25) is 0 Å². The van der Waals surface area contributed by atoms with Crippen molar-refractivity contribution in [3.63, 3.8) is 0 Å². The second-order valence-corrected chi connectivity index (χ2v) is 14.1. The Labute approximate surface area is 202 Å². The van der Waals surface area contributed by atoms with E-state index in [4.69, 9.17) is 0 Å². The topological polar surface area (TPSA) is 74.6 Å². The molecule has 8 bridgehead atoms. The van der Waals surface area contributed by atoms with Crippen LogP contribution in [-0.4, -0.2) is 22.2 Å². The highest BCUT2D eigenvalue weighted by Gasteiger charge is 2.63. The molecule has 0 aromatic heterocycles. The largest absolute Gasteiger partial charge is 0.481 e. The third-order valence-electron chi connectivity index (χ3n) is 11.7. The quantitative estimate of drug-likeness (QED) is 0.563. The average molecular weight is 463 g/mol. The third kappa shape index (κ3) is 2.66. The summed E-state index contributed by atoms with van der Waals surface area (Å²) in [6.07, 6.45) is 12.1. The first-order valence-electron chi connectivity index (χ1n) is 13.7. The van der Waals surface area contributed by atoms with Crippen molar-refractivity contribution in [2.45, 2.75) is 102 Å². The molecule has 34 heavy (non-hydrogen) atoms. The molecule has 0 amide bonds. The van der Waals surface area contributed by atoms with Crippen LogP contribution in [-0.2, 0) is 20.4 Å². The normalized spacial score (nSPS) is 47.8. The molecule has 8 fully saturated rings. The second kappa shape index (κ2) is 6.48. The Morgan fingerprint density at radius 3 is 1.26 bits per heavy atom. The van der Waals surface area contributed by atoms with Gasteiger partial charge in [-0.15, -0.1) is 0 Å². The molecule has 2 N–H and O–H groups in total. The van der Waals surface area contributed by atoms with Gasteiger partial charge in [0.25, 0.3) is 0 Å². The number of hydrogen-bond acceptors (Lipinski definition) is 2. The van der Waals surface area contributed by atoms with Crippen LogP contribution in [0.5, 0.6) is 0 Å². The van der Waals surface area contributed by atoms with E-state index in [-0.39, 0.29) is 10.8 Å². The molecule has 9 rings (SSSR count). The molecule has 4 heteroatoms. The number of carbonyl (C=O) groups is 2. The Balaban J connectivity index is 1.31. The lowest BCUT2D eigenvalue weighted by Crippen LogP contribution is -2.57. The van der Waals surface area contributed by atoms with E-state index in [9.17, 15) is 19.8 Å². The van der Waals surface area contributed by atoms with Crippen molar-refractivity contribution < 1.29 is 19.8 Å². The fourth-order valence-corrected chi connectivity index (χ4v) is 11.6. The molecule has 0 aliphatic heterocycles. The molecular formula is C30H38O4. The van der Waals surface area contributed by atoms with Gasteiger partial charge in [-0.2, -0.15) is 0 Å². The number of benzene rings is 1. The van der Waals surface area contributed by atoms with Crippen molar-refractivity contribution in [3.8, 4) is 0 Å². The van der Waals surface area contributed by atoms with Gasteiger partial charge in [0, 0.05) is 0 Å². The van der Waals surface area contributed by atoms with Crippen molar-refractivity contribution in [3.05, 3.63) is 34.4 Å². The highest BCUT2D eigenvalue weighted by Crippen LogP contribution is 2.68. The molecule has 1 aromatic rings. The average Bonchev–Trinajstić information content (AvgIpc) is 2.73. The fourth-order valence-electron chi connectivity index (χ4n) is 11.6. The molecule has 8 atom stereocenters. The van der Waals surface area contributed by atoms with Crippen LogP contribution in [0.25, 0.3) is 0 Å². The van der Waals surface area contributed by atoms with E-state index in [0.717, 1.165) is 64.2 Å². The summed E-state index contributed by atoms with van der Waals surface area (Å²) in [4.78, 5) is 24.9. The summed E-state index contributed by atoms with van der Waals surface area (Å²) in [6.45, 7) is 4.50. The van der Waals surface area contributed by atoms with Gasteiger partial charge in [-0.3, -0.25) is 9.59 Å². The molecular weight excluding hydrogens is 424 g/mol. The Morgan fingerprint density at radius 1 is 0.647 bits per heavy atom. The van der Waals surface area contributed by atoms with E-state index in [1.54, 1.807) is 0 Å². The predicted octanol–water partition coefficient (Wildman–Crippen LogP) is 6.15. The lowest BCUT2D eigenvalue weighted by molar-refractivity contribution is -0.168. The van der Waals surface area contributed by atoms with E-state index in [1.807, 2.05) is 0 Å². The molecule has 0 spiro atoms. The van der Waals surface area contributed by atoms with E-state index >= 15 is 0 Å². The monoisotopic (exact) mass is 462 g/mol. The molecule has 0 saturated heterocycles. The van der Waals surface area contributed by atoms with Crippen LogP contribution in [0.2, 0.25) is 0 Å². The Kier molecular flexibility index (Phi) is 4.08. The first-order chi connectivity index (χ1) is 16.1. The minimum atomic E-state index is -0.565. The van der Waals surface area contributed by atoms with Crippen LogP contribution in [0.15, 0.2) is 12.1 Å². The predicted molar refractivity (Wildman–Crippen MR) is 129 cm³/mol. The standard InChI is InChI=1S/C30H38O4/c1-17-3-24(28-9-21-6-22(10-28)14-30(13-21,16-28)26(33)34)18(2)4-23(17)27-7-19-5-20(8-27)12-29(11-19,15-27)25(31)32/h3-4,19-22H,5-16H2,1-2H3,(H,31,32)(H,33,34)/t19-,20+,21-,22+,27?,28?,29?,30?. The summed E-state index contributed by atoms with van der Waals surface area (Å²) in [5, 5.41) is 20.5. The summed E-state index contributed by atoms with van der Waals surface area (Å²) in [7, 11) is 0. The number of aryl methyl sites for hydroxylation is 2. The fraction of sp³-hybridized carbons (Fsp3) is 0.733. The zero-order chi connectivity index (χ0) is 23.7. The minimum absolute atomic E-state index is 0.0135. The van der Waals surface area contributed by atoms with Gasteiger partial charge in [-0.25, -0.2) is 0 Å². The SMILES string of the molecule is Cc1cc(C23C[C@@H]4C[C@@H](CC(C(=O)O)(C4)C2)C3)c(C)cc1C12C[C@@H]3C[C@@H](CC(C(=O)O)(C3)C1)C2. The van der Waals surface area contributed by atoms with Gasteiger partial charge in [-0.1, -0.05) is 12.1 Å². The van der Waals surface area contributed by atoms with E-state index in [1.165, 1.54) is 35.1 Å². The first-order valence-corrected chi connectivity index (χ1v) is 13.7. The molecule has 4 unspecified atom stereocenters. The van der Waals surface area contributed by atoms with Crippen LogP contribution in [0.3, 0.4) is 0 Å². The van der Waals surface area contributed by atoms with E-state index in [2.05, 4.69) is 26.0 Å². The Hall–Kier alpha value is -1.84. The highest BCUT2D eigenvalue weighted by atomic mass is 16.4. The summed E-state index contributed by atoms with van der Waals surface area (Å²) in [5.74, 6) is 1.07. The van der Waals surface area contributed by atoms with Crippen LogP contribution in [0.4, 0.5) is 0 Å². The first kappa shape index (κ1) is 21.4. The maximum absolute atomic E-state index is 12.4. The van der Waals surface area contributed by atoms with E-state index in [0.29, 0.717) is 23.7 Å². The molecule has 182 valence electrons. The maximum Gasteiger partial charge on any atom is 0.309 e. The molecule has 0 heterocycles. The summed E-state index contributed by atoms with van der Waals surface area (Å²) < 4.78 is 0. The van der Waals surface area contributed by atoms with E-state index < -0.39 is 22.8 Å². The number of carboxylic acids is 2. The summed E-state index contributed by atoms with van der Waals surface area (Å²) >= 11 is 0. The Morgan fingerprint density at radius 2 is 0.971 bits per heavy atom. The lowest BCUT2D eigenvalue weighted by Gasteiger charge is -2.62. The Bertz CT molecular complexity index is 999. The number of carboxylic acid groups (broad SMARTS) is 2. The van der Waals surface area contributed by atoms with Crippen LogP contribution in [0.1, 0.15) is 99.3 Å². The zero-order valence-corrected chi connectivity index (χ0v) is 20.7. The third-order valence-corrected chi connectivity index (χ3v) is 11.7. The van der Waals surface area contributed by atoms with Gasteiger partial charge in [0.1, 0.15) is 0 Å². The molecule has 8 aliphatic rings. The minimum Gasteiger partial charge on any atom is -0.481 e. The number of hydrogen-bond donors (Lipinski definition) is 2. The van der Waals surface area contributed by atoms with Crippen molar-refractivity contribution in [2.75, 3.05) is 0 Å². The lowest BCUT2D eigenvalue weighted by atomic mass is 9.41. The number of aliphatic carboxylic acids is 2. The highest BCUT2D eigenvalue weighted by molar-refractivity contribution is 5.76. The van der Waals surface area contributed by atoms with Gasteiger partial charge in [-0.05, 0) is 148 Å².